The molecule has 0 spiro atoms. The van der Waals surface area contributed by atoms with Gasteiger partial charge in [0, 0.05) is 30.1 Å². The molecule has 0 bridgehead atoms. The van der Waals surface area contributed by atoms with Crippen LogP contribution in [0.3, 0.4) is 0 Å². The second-order valence-electron chi connectivity index (χ2n) is 5.21. The van der Waals surface area contributed by atoms with Crippen molar-refractivity contribution in [1.82, 2.24) is 25.0 Å². The van der Waals surface area contributed by atoms with E-state index in [0.717, 1.165) is 0 Å². The molecule has 1 saturated heterocycles. The number of hydrogen-bond donors (Lipinski definition) is 1. The van der Waals surface area contributed by atoms with Gasteiger partial charge in [0.15, 0.2) is 0 Å². The minimum absolute atomic E-state index is 0.111. The molecule has 23 heavy (non-hydrogen) atoms. The highest BCUT2D eigenvalue weighted by Gasteiger charge is 2.35. The Hall–Kier alpha value is -2.41. The summed E-state index contributed by atoms with van der Waals surface area (Å²) in [7, 11) is 0. The van der Waals surface area contributed by atoms with Gasteiger partial charge in [0.05, 0.1) is 6.54 Å². The van der Waals surface area contributed by atoms with Crippen LogP contribution in [0.2, 0.25) is 5.02 Å². The van der Waals surface area contributed by atoms with Crippen LogP contribution in [-0.4, -0.2) is 44.6 Å². The number of nitrogens with zero attached hydrogens (tertiary/aromatic N) is 4. The predicted molar refractivity (Wildman–Crippen MR) is 83.6 cm³/mol. The van der Waals surface area contributed by atoms with Crippen LogP contribution in [0.25, 0.3) is 0 Å². The molecule has 1 N–H and O–H groups in total. The van der Waals surface area contributed by atoms with Crippen LogP contribution in [-0.2, 0) is 16.1 Å². The molecule has 120 valence electrons. The summed E-state index contributed by atoms with van der Waals surface area (Å²) in [5.41, 5.74) is 0.639. The third-order valence-corrected chi connectivity index (χ3v) is 4.10. The number of hydrogen-bond acceptors (Lipinski definition) is 4. The quantitative estimate of drug-likeness (QED) is 0.906. The Morgan fingerprint density at radius 1 is 1.39 bits per heavy atom. The van der Waals surface area contributed by atoms with E-state index in [1.807, 2.05) is 0 Å². The first kappa shape index (κ1) is 15.5. The third-order valence-electron chi connectivity index (χ3n) is 3.75. The number of piperazine rings is 1. The summed E-state index contributed by atoms with van der Waals surface area (Å²) < 4.78 is 1.59. The van der Waals surface area contributed by atoms with Crippen LogP contribution >= 0.6 is 11.6 Å². The first-order valence-corrected chi connectivity index (χ1v) is 7.68. The van der Waals surface area contributed by atoms with Gasteiger partial charge in [-0.05, 0) is 6.07 Å². The van der Waals surface area contributed by atoms with Crippen molar-refractivity contribution in [3.63, 3.8) is 0 Å². The SMILES string of the molecule is O=C1NCCN(C(=O)CCn2cncn2)C1c1ccccc1Cl. The molecule has 2 amide bonds. The van der Waals surface area contributed by atoms with Gasteiger partial charge in [-0.3, -0.25) is 14.3 Å². The number of aromatic nitrogens is 3. The van der Waals surface area contributed by atoms with Crippen molar-refractivity contribution in [2.75, 3.05) is 13.1 Å². The molecule has 3 rings (SSSR count). The lowest BCUT2D eigenvalue weighted by atomic mass is 10.0. The largest absolute Gasteiger partial charge is 0.352 e. The topological polar surface area (TPSA) is 80.1 Å². The Kier molecular flexibility index (Phi) is 4.57. The second-order valence-corrected chi connectivity index (χ2v) is 5.62. The van der Waals surface area contributed by atoms with Crippen molar-refractivity contribution >= 4 is 23.4 Å². The van der Waals surface area contributed by atoms with Crippen molar-refractivity contribution in [1.29, 1.82) is 0 Å². The molecule has 2 aromatic rings. The highest BCUT2D eigenvalue weighted by atomic mass is 35.5. The monoisotopic (exact) mass is 333 g/mol. The van der Waals surface area contributed by atoms with Gasteiger partial charge in [-0.25, -0.2) is 4.98 Å². The zero-order valence-corrected chi connectivity index (χ0v) is 13.1. The van der Waals surface area contributed by atoms with Crippen molar-refractivity contribution in [2.24, 2.45) is 0 Å². The van der Waals surface area contributed by atoms with Crippen molar-refractivity contribution in [2.45, 2.75) is 19.0 Å². The number of benzene rings is 1. The maximum absolute atomic E-state index is 12.6. The fourth-order valence-corrected chi connectivity index (χ4v) is 2.88. The van der Waals surface area contributed by atoms with E-state index in [-0.39, 0.29) is 18.2 Å². The normalized spacial score (nSPS) is 17.9. The molecule has 1 aromatic carbocycles. The minimum atomic E-state index is -0.694. The third kappa shape index (κ3) is 3.34. The van der Waals surface area contributed by atoms with Crippen LogP contribution in [0, 0.1) is 0 Å². The summed E-state index contributed by atoms with van der Waals surface area (Å²) >= 11 is 6.21. The summed E-state index contributed by atoms with van der Waals surface area (Å²) in [6.07, 6.45) is 3.23. The van der Waals surface area contributed by atoms with Crippen molar-refractivity contribution < 1.29 is 9.59 Å². The smallest absolute Gasteiger partial charge is 0.247 e. The summed E-state index contributed by atoms with van der Waals surface area (Å²) in [4.78, 5) is 30.3. The second kappa shape index (κ2) is 6.78. The zero-order valence-electron chi connectivity index (χ0n) is 12.4. The zero-order chi connectivity index (χ0) is 16.2. The Balaban J connectivity index is 1.79. The van der Waals surface area contributed by atoms with E-state index in [4.69, 9.17) is 11.6 Å². The van der Waals surface area contributed by atoms with E-state index in [1.54, 1.807) is 40.2 Å². The number of halogens is 1. The number of aryl methyl sites for hydroxylation is 1. The molecular formula is C15H16ClN5O2. The Morgan fingerprint density at radius 3 is 2.96 bits per heavy atom. The molecule has 1 atom stereocenters. The van der Waals surface area contributed by atoms with Crippen LogP contribution < -0.4 is 5.32 Å². The van der Waals surface area contributed by atoms with E-state index in [2.05, 4.69) is 15.4 Å². The van der Waals surface area contributed by atoms with E-state index in [1.165, 1.54) is 6.33 Å². The predicted octanol–water partition coefficient (Wildman–Crippen LogP) is 1.02. The number of amides is 2. The lowest BCUT2D eigenvalue weighted by molar-refractivity contribution is -0.143. The van der Waals surface area contributed by atoms with Crippen molar-refractivity contribution in [3.05, 3.63) is 47.5 Å². The molecule has 7 nitrogen and oxygen atoms in total. The lowest BCUT2D eigenvalue weighted by Gasteiger charge is -2.35. The fraction of sp³-hybridized carbons (Fsp3) is 0.333. The average Bonchev–Trinajstić information content (AvgIpc) is 3.07. The minimum Gasteiger partial charge on any atom is -0.352 e. The molecule has 1 fully saturated rings. The maximum atomic E-state index is 12.6. The van der Waals surface area contributed by atoms with Crippen LogP contribution in [0.4, 0.5) is 0 Å². The van der Waals surface area contributed by atoms with Crippen LogP contribution in [0.1, 0.15) is 18.0 Å². The van der Waals surface area contributed by atoms with E-state index in [0.29, 0.717) is 30.2 Å². The van der Waals surface area contributed by atoms with Gasteiger partial charge in [0.25, 0.3) is 0 Å². The van der Waals surface area contributed by atoms with Gasteiger partial charge in [-0.2, -0.15) is 5.10 Å². The first-order valence-electron chi connectivity index (χ1n) is 7.31. The number of carbonyl (C=O) groups excluding carboxylic acids is 2. The summed E-state index contributed by atoms with van der Waals surface area (Å²) in [5.74, 6) is -0.321. The van der Waals surface area contributed by atoms with Gasteiger partial charge in [0.1, 0.15) is 18.7 Å². The van der Waals surface area contributed by atoms with Gasteiger partial charge < -0.3 is 10.2 Å². The van der Waals surface area contributed by atoms with Gasteiger partial charge in [0.2, 0.25) is 11.8 Å². The molecule has 0 radical (unpaired) electrons. The average molecular weight is 334 g/mol. The molecule has 1 aliphatic rings. The molecule has 0 aliphatic carbocycles. The molecule has 0 saturated carbocycles. The molecule has 1 aliphatic heterocycles. The first-order chi connectivity index (χ1) is 11.2. The standard InChI is InChI=1S/C15H16ClN5O2/c16-12-4-2-1-3-11(12)14-15(23)18-6-8-21(14)13(22)5-7-20-10-17-9-19-20/h1-4,9-10,14H,5-8H2,(H,18,23). The Morgan fingerprint density at radius 2 is 2.22 bits per heavy atom. The molecule has 8 heteroatoms. The summed E-state index contributed by atoms with van der Waals surface area (Å²) in [5, 5.41) is 7.24. The van der Waals surface area contributed by atoms with Crippen molar-refractivity contribution in [3.8, 4) is 0 Å². The van der Waals surface area contributed by atoms with Gasteiger partial charge in [-0.1, -0.05) is 29.8 Å². The molecule has 2 heterocycles. The van der Waals surface area contributed by atoms with Gasteiger partial charge in [-0.15, -0.1) is 0 Å². The number of carbonyl (C=O) groups is 2. The van der Waals surface area contributed by atoms with E-state index in [9.17, 15) is 9.59 Å². The summed E-state index contributed by atoms with van der Waals surface area (Å²) in [6, 6.07) is 6.40. The number of nitrogens with one attached hydrogen (secondary N) is 1. The Bertz CT molecular complexity index is 704. The highest BCUT2D eigenvalue weighted by Crippen LogP contribution is 2.29. The Labute approximate surface area is 138 Å². The van der Waals surface area contributed by atoms with Crippen LogP contribution in [0.5, 0.6) is 0 Å². The van der Waals surface area contributed by atoms with Crippen LogP contribution in [0.15, 0.2) is 36.9 Å². The molecule has 1 aromatic heterocycles. The number of rotatable bonds is 4. The fourth-order valence-electron chi connectivity index (χ4n) is 2.64. The van der Waals surface area contributed by atoms with Gasteiger partial charge >= 0.3 is 0 Å². The maximum Gasteiger partial charge on any atom is 0.247 e. The lowest BCUT2D eigenvalue weighted by Crippen LogP contribution is -2.52. The van der Waals surface area contributed by atoms with E-state index < -0.39 is 6.04 Å². The summed E-state index contributed by atoms with van der Waals surface area (Å²) in [6.45, 7) is 1.32. The van der Waals surface area contributed by atoms with E-state index >= 15 is 0 Å². The molecular weight excluding hydrogens is 318 g/mol. The highest BCUT2D eigenvalue weighted by molar-refractivity contribution is 6.31. The molecule has 1 unspecified atom stereocenters.